The van der Waals surface area contributed by atoms with Crippen LogP contribution in [0.5, 0.6) is 0 Å². The molecule has 4 aromatic rings. The smallest absolute Gasteiger partial charge is 0.270 e. The number of hydrogen-bond donors (Lipinski definition) is 3. The van der Waals surface area contributed by atoms with E-state index in [0.29, 0.717) is 28.7 Å². The van der Waals surface area contributed by atoms with Crippen LogP contribution in [0.1, 0.15) is 33.4 Å². The topological polar surface area (TPSA) is 105 Å². The minimum absolute atomic E-state index is 0.0138. The van der Waals surface area contributed by atoms with Crippen molar-refractivity contribution in [3.05, 3.63) is 80.7 Å². The first-order chi connectivity index (χ1) is 15.8. The molecule has 5 rings (SSSR count). The lowest BCUT2D eigenvalue weighted by molar-refractivity contribution is 0.0718. The van der Waals surface area contributed by atoms with Gasteiger partial charge in [-0.25, -0.2) is 13.2 Å². The lowest BCUT2D eigenvalue weighted by Crippen LogP contribution is -2.42. The molecule has 1 atom stereocenters. The zero-order chi connectivity index (χ0) is 23.4. The minimum atomic E-state index is -1.14. The number of benzene rings is 2. The summed E-state index contributed by atoms with van der Waals surface area (Å²) >= 11 is 0. The Bertz CT molecular complexity index is 1570. The number of carbonyl (C=O) groups is 1. The summed E-state index contributed by atoms with van der Waals surface area (Å²) < 4.78 is 41.7. The highest BCUT2D eigenvalue weighted by atomic mass is 19.2. The number of nitrogens with zero attached hydrogens (tertiary/aromatic N) is 2. The average molecular weight is 451 g/mol. The number of amides is 1. The van der Waals surface area contributed by atoms with Gasteiger partial charge in [-0.1, -0.05) is 0 Å². The highest BCUT2D eigenvalue weighted by Crippen LogP contribution is 2.33. The molecule has 3 heterocycles. The van der Waals surface area contributed by atoms with Crippen molar-refractivity contribution in [3.63, 3.8) is 0 Å². The maximum absolute atomic E-state index is 14.1. The van der Waals surface area contributed by atoms with Crippen LogP contribution in [-0.2, 0) is 6.54 Å². The predicted octanol–water partition coefficient (Wildman–Crippen LogP) is 3.21. The van der Waals surface area contributed by atoms with Crippen LogP contribution in [0.3, 0.4) is 0 Å². The summed E-state index contributed by atoms with van der Waals surface area (Å²) in [5, 5.41) is 13.0. The van der Waals surface area contributed by atoms with E-state index in [4.69, 9.17) is 0 Å². The molecule has 7 nitrogen and oxygen atoms in total. The molecule has 166 valence electrons. The Morgan fingerprint density at radius 2 is 1.79 bits per heavy atom. The zero-order valence-corrected chi connectivity index (χ0v) is 17.2. The predicted molar refractivity (Wildman–Crippen MR) is 114 cm³/mol. The lowest BCUT2D eigenvalue weighted by atomic mass is 9.93. The molecular weight excluding hydrogens is 435 g/mol. The second-order valence-corrected chi connectivity index (χ2v) is 7.93. The first-order valence-electron chi connectivity index (χ1n) is 10.0. The van der Waals surface area contributed by atoms with Gasteiger partial charge in [0.2, 0.25) is 0 Å². The van der Waals surface area contributed by atoms with E-state index in [1.54, 1.807) is 0 Å². The number of carbonyl (C=O) groups excluding carboxylic acids is 1. The molecule has 0 spiro atoms. The van der Waals surface area contributed by atoms with Crippen molar-refractivity contribution in [2.75, 3.05) is 13.6 Å². The van der Waals surface area contributed by atoms with Gasteiger partial charge in [0.15, 0.2) is 11.6 Å². The molecule has 3 N–H and O–H groups in total. The van der Waals surface area contributed by atoms with E-state index >= 15 is 0 Å². The number of rotatable bonds is 2. The first kappa shape index (κ1) is 20.8. The Balaban J connectivity index is 1.62. The maximum atomic E-state index is 14.1. The number of likely N-dealkylation sites (N-methyl/N-ethyl adjacent to an activating group) is 1. The summed E-state index contributed by atoms with van der Waals surface area (Å²) in [4.78, 5) is 32.7. The van der Waals surface area contributed by atoms with Gasteiger partial charge in [-0.3, -0.25) is 9.59 Å². The van der Waals surface area contributed by atoms with Gasteiger partial charge in [0.05, 0.1) is 28.6 Å². The average Bonchev–Trinajstić information content (AvgIpc) is 3.22. The number of pyridine rings is 1. The second-order valence-electron chi connectivity index (χ2n) is 7.93. The number of aromatic amines is 2. The molecule has 1 amide bonds. The molecule has 0 saturated carbocycles. The quantitative estimate of drug-likeness (QED) is 0.435. The number of H-pyrrole nitrogens is 2. The Labute approximate surface area is 184 Å². The largest absolute Gasteiger partial charge is 0.350 e. The van der Waals surface area contributed by atoms with Crippen molar-refractivity contribution in [3.8, 4) is 6.07 Å². The third-order valence-electron chi connectivity index (χ3n) is 6.00. The van der Waals surface area contributed by atoms with Crippen LogP contribution in [0, 0.1) is 28.8 Å². The van der Waals surface area contributed by atoms with Crippen LogP contribution in [0.25, 0.3) is 21.7 Å². The summed E-state index contributed by atoms with van der Waals surface area (Å²) in [6.45, 7) is 0.586. The van der Waals surface area contributed by atoms with E-state index in [9.17, 15) is 28.0 Å². The molecule has 1 aliphatic heterocycles. The third-order valence-corrected chi connectivity index (χ3v) is 6.00. The second kappa shape index (κ2) is 7.50. The SMILES string of the molecule is CN(C(=O)c1cc2c(C#N)cc(F)cc2[nH]1)[C@@H]1CNCc2[nH]c(=O)c3cc(F)c(F)cc3c21. The highest BCUT2D eigenvalue weighted by Gasteiger charge is 2.31. The minimum Gasteiger partial charge on any atom is -0.350 e. The number of nitriles is 1. The molecule has 0 aliphatic carbocycles. The maximum Gasteiger partial charge on any atom is 0.270 e. The van der Waals surface area contributed by atoms with Gasteiger partial charge in [-0.15, -0.1) is 0 Å². The van der Waals surface area contributed by atoms with Gasteiger partial charge in [0.25, 0.3) is 11.5 Å². The summed E-state index contributed by atoms with van der Waals surface area (Å²) in [6, 6.07) is 6.87. The van der Waals surface area contributed by atoms with Crippen LogP contribution in [-0.4, -0.2) is 34.4 Å². The number of fused-ring (bicyclic) bond motifs is 4. The normalized spacial score (nSPS) is 15.4. The van der Waals surface area contributed by atoms with Gasteiger partial charge >= 0.3 is 0 Å². The van der Waals surface area contributed by atoms with Crippen molar-refractivity contribution in [2.45, 2.75) is 12.6 Å². The summed E-state index contributed by atoms with van der Waals surface area (Å²) in [5.41, 5.74) is 0.956. The van der Waals surface area contributed by atoms with Gasteiger partial charge in [0, 0.05) is 36.8 Å². The fourth-order valence-corrected chi connectivity index (χ4v) is 4.42. The summed E-state index contributed by atoms with van der Waals surface area (Å²) in [6.07, 6.45) is 0. The van der Waals surface area contributed by atoms with E-state index in [1.165, 1.54) is 24.1 Å². The van der Waals surface area contributed by atoms with Gasteiger partial charge in [0.1, 0.15) is 11.5 Å². The Kier molecular flexibility index (Phi) is 4.72. The number of aromatic nitrogens is 2. The van der Waals surface area contributed by atoms with Crippen LogP contribution in [0.2, 0.25) is 0 Å². The summed E-state index contributed by atoms with van der Waals surface area (Å²) in [7, 11) is 1.54. The van der Waals surface area contributed by atoms with Crippen molar-refractivity contribution in [1.82, 2.24) is 20.2 Å². The lowest BCUT2D eigenvalue weighted by Gasteiger charge is -2.34. The molecule has 2 aromatic heterocycles. The molecule has 0 bridgehead atoms. The van der Waals surface area contributed by atoms with Crippen LogP contribution in [0.4, 0.5) is 13.2 Å². The highest BCUT2D eigenvalue weighted by molar-refractivity contribution is 6.00. The van der Waals surface area contributed by atoms with Crippen molar-refractivity contribution < 1.29 is 18.0 Å². The van der Waals surface area contributed by atoms with E-state index in [2.05, 4.69) is 15.3 Å². The Hall–Kier alpha value is -4.10. The van der Waals surface area contributed by atoms with E-state index in [-0.39, 0.29) is 28.6 Å². The molecule has 0 fully saturated rings. The van der Waals surface area contributed by atoms with Crippen LogP contribution >= 0.6 is 0 Å². The number of halogens is 3. The van der Waals surface area contributed by atoms with Crippen LogP contribution < -0.4 is 10.9 Å². The van der Waals surface area contributed by atoms with E-state index in [1.807, 2.05) is 6.07 Å². The first-order valence-corrected chi connectivity index (χ1v) is 10.0. The third kappa shape index (κ3) is 3.25. The monoisotopic (exact) mass is 451 g/mol. The van der Waals surface area contributed by atoms with Gasteiger partial charge in [-0.2, -0.15) is 5.26 Å². The van der Waals surface area contributed by atoms with Crippen LogP contribution in [0.15, 0.2) is 35.1 Å². The van der Waals surface area contributed by atoms with Crippen molar-refractivity contribution in [1.29, 1.82) is 5.26 Å². The molecule has 2 aromatic carbocycles. The molecule has 10 heteroatoms. The molecular formula is C23H16F3N5O2. The number of hydrogen-bond acceptors (Lipinski definition) is 4. The van der Waals surface area contributed by atoms with Crippen molar-refractivity contribution in [2.24, 2.45) is 0 Å². The Morgan fingerprint density at radius 1 is 1.06 bits per heavy atom. The zero-order valence-electron chi connectivity index (χ0n) is 17.2. The summed E-state index contributed by atoms with van der Waals surface area (Å²) in [5.74, 6) is -3.30. The van der Waals surface area contributed by atoms with E-state index in [0.717, 1.165) is 18.2 Å². The van der Waals surface area contributed by atoms with Gasteiger partial charge in [-0.05, 0) is 35.7 Å². The molecule has 0 unspecified atom stereocenters. The standard InChI is InChI=1S/C23H16F3N5O2/c1-31(23(33)18-6-12-10(7-27)2-11(24)3-17(12)29-18)20-9-28-8-19-21(20)13-4-15(25)16(26)5-14(13)22(32)30-19/h2-6,20,28-29H,8-9H2,1H3,(H,30,32)/t20-/m1/s1. The Morgan fingerprint density at radius 3 is 2.52 bits per heavy atom. The number of nitrogens with one attached hydrogen (secondary N) is 3. The molecule has 1 aliphatic rings. The fraction of sp³-hybridized carbons (Fsp3) is 0.174. The molecule has 0 radical (unpaired) electrons. The van der Waals surface area contributed by atoms with Crippen molar-refractivity contribution >= 4 is 27.6 Å². The van der Waals surface area contributed by atoms with E-state index < -0.39 is 35.0 Å². The fourth-order valence-electron chi connectivity index (χ4n) is 4.42. The molecule has 33 heavy (non-hydrogen) atoms. The van der Waals surface area contributed by atoms with Gasteiger partial charge < -0.3 is 20.2 Å². The molecule has 0 saturated heterocycles.